The predicted molar refractivity (Wildman–Crippen MR) is 201 cm³/mol. The van der Waals surface area contributed by atoms with Gasteiger partial charge in [0.05, 0.1) is 25.9 Å². The Kier molecular flexibility index (Phi) is 28.6. The van der Waals surface area contributed by atoms with Gasteiger partial charge in [0.1, 0.15) is 18.2 Å². The number of hydrogen-bond acceptors (Lipinski definition) is 14. The van der Waals surface area contributed by atoms with E-state index in [1.807, 2.05) is 0 Å². The van der Waals surface area contributed by atoms with Crippen molar-refractivity contribution in [2.24, 2.45) is 0 Å². The summed E-state index contributed by atoms with van der Waals surface area (Å²) < 4.78 is 31.5. The molecule has 1 rings (SSSR count). The van der Waals surface area contributed by atoms with E-state index in [2.05, 4.69) is 31.1 Å². The first kappa shape index (κ1) is 51.2. The van der Waals surface area contributed by atoms with Gasteiger partial charge in [-0.3, -0.25) is 33.0 Å². The Bertz CT molecular complexity index is 1190. The maximum absolute atomic E-state index is 12.3. The van der Waals surface area contributed by atoms with Crippen molar-refractivity contribution < 1.29 is 72.4 Å². The Balaban J connectivity index is 1.97. The lowest BCUT2D eigenvalue weighted by atomic mass is 10.0. The van der Waals surface area contributed by atoms with Gasteiger partial charge in [-0.05, 0) is 51.4 Å². The van der Waals surface area contributed by atoms with Gasteiger partial charge < -0.3 is 61.4 Å². The second kappa shape index (κ2) is 31.2. The molecule has 1 aliphatic rings. The molecule has 1 unspecified atom stereocenters. The number of rotatable bonds is 33. The second-order valence-corrected chi connectivity index (χ2v) is 15.0. The van der Waals surface area contributed by atoms with Gasteiger partial charge in [0.25, 0.3) is 0 Å². The molecule has 1 aliphatic heterocycles. The van der Waals surface area contributed by atoms with Crippen molar-refractivity contribution in [2.75, 3.05) is 59.7 Å². The molecule has 20 nitrogen and oxygen atoms in total. The molecule has 10 N–H and O–H groups in total. The molecule has 0 saturated carbocycles. The maximum Gasteiger partial charge on any atom is 0.471 e. The summed E-state index contributed by atoms with van der Waals surface area (Å²) in [6, 6.07) is -1.26. The van der Waals surface area contributed by atoms with Crippen LogP contribution in [0, 0.1) is 0 Å². The van der Waals surface area contributed by atoms with Gasteiger partial charge in [0.15, 0.2) is 6.29 Å². The average Bonchev–Trinajstić information content (AvgIpc) is 3.17. The van der Waals surface area contributed by atoms with Crippen molar-refractivity contribution in [1.29, 1.82) is 0 Å². The summed E-state index contributed by atoms with van der Waals surface area (Å²) in [5.74, 6) is -1.32. The van der Waals surface area contributed by atoms with E-state index >= 15 is 0 Å². The molecule has 0 spiro atoms. The van der Waals surface area contributed by atoms with E-state index in [4.69, 9.17) is 19.1 Å². The normalized spacial score (nSPS) is 19.7. The zero-order valence-corrected chi connectivity index (χ0v) is 33.5. The van der Waals surface area contributed by atoms with Crippen LogP contribution in [-0.2, 0) is 47.1 Å². The third-order valence-corrected chi connectivity index (χ3v) is 9.66. The zero-order valence-electron chi connectivity index (χ0n) is 32.6. The number of ether oxygens (including phenoxy) is 2. The number of phosphoric acid groups is 1. The third kappa shape index (κ3) is 25.5. The van der Waals surface area contributed by atoms with Crippen molar-refractivity contribution in [1.82, 2.24) is 26.6 Å². The Labute approximate surface area is 329 Å². The lowest BCUT2D eigenvalue weighted by molar-refractivity contribution is -0.256. The van der Waals surface area contributed by atoms with E-state index in [-0.39, 0.29) is 43.7 Å². The van der Waals surface area contributed by atoms with Crippen LogP contribution >= 0.6 is 7.82 Å². The highest BCUT2D eigenvalue weighted by molar-refractivity contribution is 7.47. The summed E-state index contributed by atoms with van der Waals surface area (Å²) in [6.45, 7) is 0.430. The Morgan fingerprint density at radius 3 is 1.70 bits per heavy atom. The summed E-state index contributed by atoms with van der Waals surface area (Å²) in [4.78, 5) is 70.2. The van der Waals surface area contributed by atoms with Crippen molar-refractivity contribution in [3.05, 3.63) is 0 Å². The van der Waals surface area contributed by atoms with Crippen LogP contribution in [0.1, 0.15) is 103 Å². The van der Waals surface area contributed by atoms with Crippen molar-refractivity contribution in [3.63, 3.8) is 0 Å². The topological polar surface area (TPSA) is 301 Å². The summed E-state index contributed by atoms with van der Waals surface area (Å²) >= 11 is 0. The molecule has 0 bridgehead atoms. The van der Waals surface area contributed by atoms with E-state index in [1.54, 1.807) is 0 Å². The minimum Gasteiger partial charge on any atom is -0.395 e. The fraction of sp³-hybridized carbons (Fsp3) is 0.857. The number of carbonyl (C=O) groups excluding carboxylic acids is 5. The van der Waals surface area contributed by atoms with E-state index in [0.29, 0.717) is 90.4 Å². The van der Waals surface area contributed by atoms with Crippen molar-refractivity contribution in [2.45, 2.75) is 133 Å². The second-order valence-electron chi connectivity index (χ2n) is 13.5. The highest BCUT2D eigenvalue weighted by Crippen LogP contribution is 2.41. The van der Waals surface area contributed by atoms with Gasteiger partial charge in [0.2, 0.25) is 29.5 Å². The Morgan fingerprint density at radius 1 is 0.714 bits per heavy atom. The Morgan fingerprint density at radius 2 is 1.21 bits per heavy atom. The van der Waals surface area contributed by atoms with Gasteiger partial charge in [0, 0.05) is 72.0 Å². The highest BCUT2D eigenvalue weighted by atomic mass is 31.2. The number of carbonyl (C=O) groups is 5. The molecule has 0 aliphatic carbocycles. The lowest BCUT2D eigenvalue weighted by Crippen LogP contribution is -2.50. The van der Waals surface area contributed by atoms with Gasteiger partial charge in [-0.1, -0.05) is 19.3 Å². The molecular formula is C35H66N5O15P. The zero-order chi connectivity index (χ0) is 41.6. The van der Waals surface area contributed by atoms with E-state index < -0.39 is 63.5 Å². The maximum atomic E-state index is 12.3. The third-order valence-electron chi connectivity index (χ3n) is 8.72. The number of nitrogens with one attached hydrogen (secondary N) is 5. The summed E-state index contributed by atoms with van der Waals surface area (Å²) in [7, 11) is -3.40. The van der Waals surface area contributed by atoms with Crippen LogP contribution in [-0.4, -0.2) is 145 Å². The largest absolute Gasteiger partial charge is 0.471 e. The monoisotopic (exact) mass is 827 g/mol. The predicted octanol–water partition coefficient (Wildman–Crippen LogP) is -0.611. The summed E-state index contributed by atoms with van der Waals surface area (Å²) in [5.41, 5.74) is 0. The quantitative estimate of drug-likeness (QED) is 0.0292. The van der Waals surface area contributed by atoms with Crippen LogP contribution in [0.3, 0.4) is 0 Å². The van der Waals surface area contributed by atoms with Crippen LogP contribution in [0.15, 0.2) is 0 Å². The van der Waals surface area contributed by atoms with Gasteiger partial charge in [-0.2, -0.15) is 0 Å². The fourth-order valence-corrected chi connectivity index (χ4v) is 5.90. The number of phosphoric ester groups is 1. The molecule has 1 fully saturated rings. The number of aliphatic hydroxyl groups excluding tert-OH is 4. The Hall–Kier alpha value is -2.78. The SMILES string of the molecule is COP(=O)(O)OC[C@H](NC(=O)CCCCCNC(=O)CCCCCNC(=O)CCCCCNC(=O)CCCCO[C@H]1C[C@@H](O)[C@@H](O)[C@@H](CO)O1)C(=O)NCCO. The van der Waals surface area contributed by atoms with Crippen molar-refractivity contribution in [3.8, 4) is 0 Å². The van der Waals surface area contributed by atoms with Crippen LogP contribution < -0.4 is 26.6 Å². The van der Waals surface area contributed by atoms with Crippen LogP contribution in [0.5, 0.6) is 0 Å². The van der Waals surface area contributed by atoms with Crippen molar-refractivity contribution >= 4 is 37.4 Å². The summed E-state index contributed by atoms with van der Waals surface area (Å²) in [6.07, 6.45) is 5.07. The van der Waals surface area contributed by atoms with E-state index in [0.717, 1.165) is 32.8 Å². The van der Waals surface area contributed by atoms with Crippen LogP contribution in [0.25, 0.3) is 0 Å². The first-order valence-corrected chi connectivity index (χ1v) is 21.1. The van der Waals surface area contributed by atoms with Gasteiger partial charge in [-0.15, -0.1) is 0 Å². The number of hydrogen-bond donors (Lipinski definition) is 10. The summed E-state index contributed by atoms with van der Waals surface area (Å²) in [5, 5.41) is 51.1. The van der Waals surface area contributed by atoms with E-state index in [9.17, 15) is 48.8 Å². The highest BCUT2D eigenvalue weighted by Gasteiger charge is 2.36. The minimum absolute atomic E-state index is 0.0275. The average molecular weight is 828 g/mol. The first-order chi connectivity index (χ1) is 26.8. The van der Waals surface area contributed by atoms with Gasteiger partial charge in [-0.25, -0.2) is 4.57 Å². The fourth-order valence-electron chi connectivity index (χ4n) is 5.46. The minimum atomic E-state index is -4.36. The molecular weight excluding hydrogens is 761 g/mol. The smallest absolute Gasteiger partial charge is 0.395 e. The van der Waals surface area contributed by atoms with E-state index in [1.165, 1.54) is 0 Å². The van der Waals surface area contributed by atoms with Gasteiger partial charge >= 0.3 is 7.82 Å². The molecule has 326 valence electrons. The number of unbranched alkanes of at least 4 members (excludes halogenated alkanes) is 7. The number of amides is 5. The number of aliphatic hydroxyl groups is 4. The molecule has 0 aromatic carbocycles. The first-order valence-electron chi connectivity index (χ1n) is 19.6. The molecule has 0 radical (unpaired) electrons. The van der Waals surface area contributed by atoms with Crippen LogP contribution in [0.4, 0.5) is 0 Å². The molecule has 0 aromatic heterocycles. The standard InChI is InChI=1S/C35H66N5O15P/c1-52-56(50,51)54-25-26(35(49)39-20-21-41)40-32(47)16-7-4-11-19-37-30(45)14-5-2-9-17-36-29(44)13-6-3-10-18-38-31(46)15-8-12-22-53-33-23-27(43)34(48)28(24-42)55-33/h26-28,33-34,41-43,48H,2-25H2,1H3,(H,36,44)(H,37,45)(H,38,46)(H,39,49)(H,40,47)(H,50,51)/t26-,27+,28+,33+,34+/m0/s1. The molecule has 1 heterocycles. The molecule has 0 aromatic rings. The molecule has 6 atom stereocenters. The molecule has 21 heteroatoms. The van der Waals surface area contributed by atoms with Crippen LogP contribution in [0.2, 0.25) is 0 Å². The molecule has 56 heavy (non-hydrogen) atoms. The molecule has 1 saturated heterocycles. The molecule has 5 amide bonds. The lowest BCUT2D eigenvalue weighted by Gasteiger charge is -2.36.